The minimum Gasteiger partial charge on any atom is -0.348 e. The van der Waals surface area contributed by atoms with Crippen LogP contribution in [0.4, 0.5) is 5.69 Å². The molecule has 0 spiro atoms. The number of benzene rings is 2. The van der Waals surface area contributed by atoms with Gasteiger partial charge in [0.2, 0.25) is 0 Å². The summed E-state index contributed by atoms with van der Waals surface area (Å²) in [6.07, 6.45) is 0. The summed E-state index contributed by atoms with van der Waals surface area (Å²) in [5, 5.41) is 20.3. The topological polar surface area (TPSA) is 43.7 Å². The molecular weight excluding hydrogens is 258 g/mol. The lowest BCUT2D eigenvalue weighted by Crippen LogP contribution is -2.46. The third-order valence-electron chi connectivity index (χ3n) is 3.17. The highest BCUT2D eigenvalue weighted by Gasteiger charge is 2.45. The van der Waals surface area contributed by atoms with Crippen molar-refractivity contribution in [2.45, 2.75) is 11.3 Å². The Morgan fingerprint density at radius 1 is 0.947 bits per heavy atom. The molecular formula is C15H15NO2S. The number of nitrogens with zero attached hydrogens (tertiary/aromatic N) is 1. The maximum absolute atomic E-state index is 10.2. The van der Waals surface area contributed by atoms with Crippen molar-refractivity contribution in [3.8, 4) is 0 Å². The van der Waals surface area contributed by atoms with Crippen LogP contribution in [-0.4, -0.2) is 21.9 Å². The summed E-state index contributed by atoms with van der Waals surface area (Å²) in [7, 11) is 0. The number of para-hydroxylation sites is 1. The van der Waals surface area contributed by atoms with E-state index in [1.165, 1.54) is 11.8 Å². The average molecular weight is 273 g/mol. The van der Waals surface area contributed by atoms with E-state index in [-0.39, 0.29) is 11.1 Å². The van der Waals surface area contributed by atoms with E-state index in [9.17, 15) is 10.2 Å². The number of rotatable bonds is 2. The molecule has 0 aromatic heterocycles. The number of hydrogen-bond acceptors (Lipinski definition) is 4. The van der Waals surface area contributed by atoms with Gasteiger partial charge in [-0.15, -0.1) is 11.8 Å². The SMILES string of the molecule is OC1(O)CSC(c2ccccc2)N1c1ccccc1. The molecule has 2 aromatic rings. The molecule has 0 amide bonds. The molecule has 3 nitrogen and oxygen atoms in total. The van der Waals surface area contributed by atoms with Gasteiger partial charge in [-0.3, -0.25) is 0 Å². The van der Waals surface area contributed by atoms with Gasteiger partial charge >= 0.3 is 0 Å². The zero-order valence-electron chi connectivity index (χ0n) is 10.3. The van der Waals surface area contributed by atoms with Crippen molar-refractivity contribution < 1.29 is 10.2 Å². The van der Waals surface area contributed by atoms with Crippen LogP contribution in [0.3, 0.4) is 0 Å². The van der Waals surface area contributed by atoms with Gasteiger partial charge in [0.25, 0.3) is 5.91 Å². The predicted octanol–water partition coefficient (Wildman–Crippen LogP) is 2.58. The van der Waals surface area contributed by atoms with Crippen LogP contribution in [0.1, 0.15) is 10.9 Å². The number of aliphatic hydroxyl groups is 2. The third-order valence-corrected chi connectivity index (χ3v) is 4.53. The van der Waals surface area contributed by atoms with Crippen LogP contribution in [0.25, 0.3) is 0 Å². The fraction of sp³-hybridized carbons (Fsp3) is 0.200. The van der Waals surface area contributed by atoms with E-state index < -0.39 is 5.91 Å². The predicted molar refractivity (Wildman–Crippen MR) is 77.7 cm³/mol. The van der Waals surface area contributed by atoms with E-state index in [1.807, 2.05) is 60.7 Å². The maximum atomic E-state index is 10.2. The lowest BCUT2D eigenvalue weighted by molar-refractivity contribution is -0.136. The molecule has 1 fully saturated rings. The quantitative estimate of drug-likeness (QED) is 0.825. The Hall–Kier alpha value is -1.49. The Bertz CT molecular complexity index is 545. The molecule has 19 heavy (non-hydrogen) atoms. The monoisotopic (exact) mass is 273 g/mol. The van der Waals surface area contributed by atoms with E-state index in [0.29, 0.717) is 0 Å². The number of hydrogen-bond donors (Lipinski definition) is 2. The van der Waals surface area contributed by atoms with E-state index in [1.54, 1.807) is 4.90 Å². The van der Waals surface area contributed by atoms with Crippen LogP contribution < -0.4 is 4.90 Å². The minimum absolute atomic E-state index is 0.0846. The zero-order chi connectivity index (χ0) is 13.3. The van der Waals surface area contributed by atoms with Gasteiger partial charge in [0.1, 0.15) is 5.37 Å². The molecule has 2 N–H and O–H groups in total. The Kier molecular flexibility index (Phi) is 3.22. The molecule has 1 unspecified atom stereocenters. The molecule has 1 heterocycles. The van der Waals surface area contributed by atoms with Gasteiger partial charge in [-0.2, -0.15) is 0 Å². The molecule has 0 radical (unpaired) electrons. The normalized spacial score (nSPS) is 21.6. The standard InChI is InChI=1S/C15H15NO2S/c17-15(18)11-19-14(12-7-3-1-4-8-12)16(15)13-9-5-2-6-10-13/h1-10,14,17-18H,11H2. The molecule has 1 atom stereocenters. The smallest absolute Gasteiger partial charge is 0.257 e. The van der Waals surface area contributed by atoms with Gasteiger partial charge in [-0.05, 0) is 17.7 Å². The molecule has 0 bridgehead atoms. The van der Waals surface area contributed by atoms with Crippen LogP contribution >= 0.6 is 11.8 Å². The molecule has 1 aliphatic heterocycles. The first-order valence-electron chi connectivity index (χ1n) is 6.14. The van der Waals surface area contributed by atoms with Crippen LogP contribution in [0.2, 0.25) is 0 Å². The fourth-order valence-corrected chi connectivity index (χ4v) is 3.63. The summed E-state index contributed by atoms with van der Waals surface area (Å²) in [4.78, 5) is 1.66. The van der Waals surface area contributed by atoms with E-state index >= 15 is 0 Å². The van der Waals surface area contributed by atoms with E-state index in [4.69, 9.17) is 0 Å². The summed E-state index contributed by atoms with van der Waals surface area (Å²) in [5.74, 6) is -1.55. The molecule has 3 rings (SSSR count). The van der Waals surface area contributed by atoms with Gasteiger partial charge in [0.15, 0.2) is 0 Å². The lowest BCUT2D eigenvalue weighted by Gasteiger charge is -2.33. The van der Waals surface area contributed by atoms with Crippen molar-refractivity contribution in [3.63, 3.8) is 0 Å². The zero-order valence-corrected chi connectivity index (χ0v) is 11.1. The molecule has 98 valence electrons. The summed E-state index contributed by atoms with van der Waals surface area (Å²) < 4.78 is 0. The molecule has 0 aliphatic carbocycles. The second-order valence-electron chi connectivity index (χ2n) is 4.55. The Labute approximate surface area is 116 Å². The van der Waals surface area contributed by atoms with Crippen molar-refractivity contribution >= 4 is 17.4 Å². The van der Waals surface area contributed by atoms with Crippen molar-refractivity contribution in [1.29, 1.82) is 0 Å². The van der Waals surface area contributed by atoms with Gasteiger partial charge in [-0.1, -0.05) is 48.5 Å². The molecule has 2 aromatic carbocycles. The van der Waals surface area contributed by atoms with Gasteiger partial charge in [-0.25, -0.2) is 0 Å². The van der Waals surface area contributed by atoms with Gasteiger partial charge < -0.3 is 15.1 Å². The molecule has 1 saturated heterocycles. The average Bonchev–Trinajstić information content (AvgIpc) is 2.76. The summed E-state index contributed by atoms with van der Waals surface area (Å²) >= 11 is 1.53. The van der Waals surface area contributed by atoms with Crippen molar-refractivity contribution in [1.82, 2.24) is 0 Å². The van der Waals surface area contributed by atoms with Crippen LogP contribution in [0.5, 0.6) is 0 Å². The van der Waals surface area contributed by atoms with Gasteiger partial charge in [0, 0.05) is 5.69 Å². The van der Waals surface area contributed by atoms with E-state index in [0.717, 1.165) is 11.3 Å². The lowest BCUT2D eigenvalue weighted by atomic mass is 10.2. The highest BCUT2D eigenvalue weighted by Crippen LogP contribution is 2.46. The Morgan fingerprint density at radius 3 is 2.16 bits per heavy atom. The van der Waals surface area contributed by atoms with E-state index in [2.05, 4.69) is 0 Å². The number of anilines is 1. The Morgan fingerprint density at radius 2 is 1.53 bits per heavy atom. The van der Waals surface area contributed by atoms with Crippen molar-refractivity contribution in [2.24, 2.45) is 0 Å². The highest BCUT2D eigenvalue weighted by atomic mass is 32.2. The minimum atomic E-state index is -1.81. The fourth-order valence-electron chi connectivity index (χ4n) is 2.32. The largest absolute Gasteiger partial charge is 0.348 e. The van der Waals surface area contributed by atoms with Crippen LogP contribution in [0.15, 0.2) is 60.7 Å². The molecule has 4 heteroatoms. The second kappa shape index (κ2) is 4.89. The summed E-state index contributed by atoms with van der Waals surface area (Å²) in [5.41, 5.74) is 1.88. The molecule has 1 aliphatic rings. The first-order chi connectivity index (χ1) is 9.18. The van der Waals surface area contributed by atoms with Crippen LogP contribution in [0, 0.1) is 0 Å². The summed E-state index contributed by atoms with van der Waals surface area (Å²) in [6, 6.07) is 19.4. The highest BCUT2D eigenvalue weighted by molar-refractivity contribution is 8.00. The van der Waals surface area contributed by atoms with Crippen molar-refractivity contribution in [2.75, 3.05) is 10.7 Å². The third kappa shape index (κ3) is 2.34. The first-order valence-corrected chi connectivity index (χ1v) is 7.19. The number of thioether (sulfide) groups is 1. The maximum Gasteiger partial charge on any atom is 0.257 e. The van der Waals surface area contributed by atoms with Crippen LogP contribution in [-0.2, 0) is 0 Å². The second-order valence-corrected chi connectivity index (χ2v) is 5.62. The Balaban J connectivity index is 2.02. The summed E-state index contributed by atoms with van der Waals surface area (Å²) in [6.45, 7) is 0. The first kappa shape index (κ1) is 12.5. The van der Waals surface area contributed by atoms with Gasteiger partial charge in [0.05, 0.1) is 5.75 Å². The molecule has 0 saturated carbocycles. The van der Waals surface area contributed by atoms with Crippen molar-refractivity contribution in [3.05, 3.63) is 66.2 Å².